The molecule has 0 saturated carbocycles. The predicted molar refractivity (Wildman–Crippen MR) is 70.1 cm³/mol. The van der Waals surface area contributed by atoms with Crippen LogP contribution in [0.2, 0.25) is 0 Å². The van der Waals surface area contributed by atoms with Crippen molar-refractivity contribution in [1.29, 1.82) is 0 Å². The van der Waals surface area contributed by atoms with Crippen LogP contribution < -0.4 is 5.73 Å². The maximum absolute atomic E-state index is 6.10. The molecule has 4 nitrogen and oxygen atoms in total. The summed E-state index contributed by atoms with van der Waals surface area (Å²) in [6.07, 6.45) is 2.35. The lowest BCUT2D eigenvalue weighted by Gasteiger charge is -2.40. The van der Waals surface area contributed by atoms with Crippen LogP contribution in [0.4, 0.5) is 0 Å². The van der Waals surface area contributed by atoms with Gasteiger partial charge in [-0.25, -0.2) is 0 Å². The average Bonchev–Trinajstić information content (AvgIpc) is 2.59. The fourth-order valence-electron chi connectivity index (χ4n) is 3.10. The Morgan fingerprint density at radius 3 is 2.71 bits per heavy atom. The molecule has 2 N–H and O–H groups in total. The lowest BCUT2D eigenvalue weighted by atomic mass is 9.95. The second-order valence-electron chi connectivity index (χ2n) is 5.70. The molecule has 2 saturated heterocycles. The Labute approximate surface area is 105 Å². The topological polar surface area (TPSA) is 41.7 Å². The fourth-order valence-corrected chi connectivity index (χ4v) is 3.10. The molecule has 0 bridgehead atoms. The first-order valence-electron chi connectivity index (χ1n) is 6.95. The van der Waals surface area contributed by atoms with E-state index in [1.165, 1.54) is 13.0 Å². The van der Waals surface area contributed by atoms with Gasteiger partial charge in [-0.2, -0.15) is 0 Å². The summed E-state index contributed by atoms with van der Waals surface area (Å²) in [6.45, 7) is 11.6. The maximum Gasteiger partial charge on any atom is 0.0593 e. The average molecular weight is 241 g/mol. The van der Waals surface area contributed by atoms with Crippen LogP contribution in [0.5, 0.6) is 0 Å². The van der Waals surface area contributed by atoms with Crippen molar-refractivity contribution in [2.45, 2.75) is 38.3 Å². The van der Waals surface area contributed by atoms with Gasteiger partial charge in [0.2, 0.25) is 0 Å². The van der Waals surface area contributed by atoms with E-state index >= 15 is 0 Å². The zero-order valence-electron chi connectivity index (χ0n) is 11.3. The van der Waals surface area contributed by atoms with Gasteiger partial charge in [-0.15, -0.1) is 0 Å². The van der Waals surface area contributed by atoms with Crippen LogP contribution >= 0.6 is 0 Å². The van der Waals surface area contributed by atoms with Gasteiger partial charge in [-0.3, -0.25) is 9.80 Å². The van der Waals surface area contributed by atoms with Crippen LogP contribution in [-0.4, -0.2) is 67.3 Å². The first-order valence-corrected chi connectivity index (χ1v) is 6.95. The molecule has 4 heteroatoms. The van der Waals surface area contributed by atoms with Crippen LogP contribution in [-0.2, 0) is 4.74 Å². The van der Waals surface area contributed by atoms with Gasteiger partial charge in [0.25, 0.3) is 0 Å². The largest absolute Gasteiger partial charge is 0.380 e. The summed E-state index contributed by atoms with van der Waals surface area (Å²) in [5, 5.41) is 0. The van der Waals surface area contributed by atoms with E-state index in [0.29, 0.717) is 6.04 Å². The van der Waals surface area contributed by atoms with Crippen LogP contribution in [0.15, 0.2) is 0 Å². The normalized spacial score (nSPS) is 33.2. The van der Waals surface area contributed by atoms with E-state index in [1.807, 2.05) is 0 Å². The summed E-state index contributed by atoms with van der Waals surface area (Å²) in [5.41, 5.74) is 6.31. The molecular formula is C13H27N3O. The van der Waals surface area contributed by atoms with Gasteiger partial charge in [-0.1, -0.05) is 0 Å². The Balaban J connectivity index is 2.03. The number of likely N-dealkylation sites (tertiary alicyclic amines) is 1. The second-order valence-corrected chi connectivity index (χ2v) is 5.70. The first kappa shape index (κ1) is 13.3. The lowest BCUT2D eigenvalue weighted by molar-refractivity contribution is 0.0830. The standard InChI is InChI=1S/C13H27N3O/c1-12(2)15-6-4-13(10-14,11-15)16-5-3-8-17-9-7-16/h12H,3-11,14H2,1-2H3. The third-order valence-corrected chi connectivity index (χ3v) is 4.37. The molecule has 2 aliphatic rings. The molecule has 2 aliphatic heterocycles. The van der Waals surface area contributed by atoms with Crippen LogP contribution in [0.1, 0.15) is 26.7 Å². The highest BCUT2D eigenvalue weighted by molar-refractivity contribution is 5.01. The number of nitrogens with zero attached hydrogens (tertiary/aromatic N) is 2. The number of hydrogen-bond donors (Lipinski definition) is 1. The molecule has 1 atom stereocenters. The SMILES string of the molecule is CC(C)N1CCC(CN)(N2CCCOCC2)C1. The lowest BCUT2D eigenvalue weighted by Crippen LogP contribution is -2.56. The van der Waals surface area contributed by atoms with Gasteiger partial charge in [0.1, 0.15) is 0 Å². The van der Waals surface area contributed by atoms with E-state index in [-0.39, 0.29) is 5.54 Å². The van der Waals surface area contributed by atoms with Gasteiger partial charge in [0.15, 0.2) is 0 Å². The van der Waals surface area contributed by atoms with Gasteiger partial charge in [0, 0.05) is 50.9 Å². The summed E-state index contributed by atoms with van der Waals surface area (Å²) in [6, 6.07) is 0.631. The molecule has 2 rings (SSSR count). The van der Waals surface area contributed by atoms with Crippen molar-refractivity contribution >= 4 is 0 Å². The number of rotatable bonds is 3. The van der Waals surface area contributed by atoms with E-state index in [9.17, 15) is 0 Å². The van der Waals surface area contributed by atoms with Crippen molar-refractivity contribution in [2.24, 2.45) is 5.73 Å². The molecule has 1 unspecified atom stereocenters. The zero-order valence-corrected chi connectivity index (χ0v) is 11.3. The number of nitrogens with two attached hydrogens (primary N) is 1. The molecule has 0 radical (unpaired) electrons. The van der Waals surface area contributed by atoms with E-state index < -0.39 is 0 Å². The highest BCUT2D eigenvalue weighted by Crippen LogP contribution is 2.29. The van der Waals surface area contributed by atoms with Gasteiger partial charge < -0.3 is 10.5 Å². The van der Waals surface area contributed by atoms with Crippen LogP contribution in [0.25, 0.3) is 0 Å². The monoisotopic (exact) mass is 241 g/mol. The minimum absolute atomic E-state index is 0.206. The highest BCUT2D eigenvalue weighted by Gasteiger charge is 2.42. The summed E-state index contributed by atoms with van der Waals surface area (Å²) >= 11 is 0. The molecule has 0 spiro atoms. The van der Waals surface area contributed by atoms with E-state index in [1.54, 1.807) is 0 Å². The molecule has 0 aromatic rings. The summed E-state index contributed by atoms with van der Waals surface area (Å²) in [5.74, 6) is 0. The molecule has 2 heterocycles. The Morgan fingerprint density at radius 2 is 2.06 bits per heavy atom. The van der Waals surface area contributed by atoms with Gasteiger partial charge >= 0.3 is 0 Å². The van der Waals surface area contributed by atoms with Crippen molar-refractivity contribution in [3.8, 4) is 0 Å². The van der Waals surface area contributed by atoms with Gasteiger partial charge in [-0.05, 0) is 26.7 Å². The van der Waals surface area contributed by atoms with E-state index in [0.717, 1.165) is 45.8 Å². The molecule has 0 aromatic heterocycles. The molecule has 0 amide bonds. The molecule has 0 aromatic carbocycles. The van der Waals surface area contributed by atoms with E-state index in [4.69, 9.17) is 10.5 Å². The highest BCUT2D eigenvalue weighted by atomic mass is 16.5. The van der Waals surface area contributed by atoms with Crippen molar-refractivity contribution < 1.29 is 4.74 Å². The Kier molecular flexibility index (Phi) is 4.42. The van der Waals surface area contributed by atoms with Gasteiger partial charge in [0.05, 0.1) is 6.61 Å². The summed E-state index contributed by atoms with van der Waals surface area (Å²) in [7, 11) is 0. The second kappa shape index (κ2) is 5.65. The maximum atomic E-state index is 6.10. The Bertz CT molecular complexity index is 239. The molecule has 0 aliphatic carbocycles. The molecular weight excluding hydrogens is 214 g/mol. The van der Waals surface area contributed by atoms with Crippen LogP contribution in [0, 0.1) is 0 Å². The molecule has 100 valence electrons. The third-order valence-electron chi connectivity index (χ3n) is 4.37. The first-order chi connectivity index (χ1) is 8.18. The summed E-state index contributed by atoms with van der Waals surface area (Å²) in [4.78, 5) is 5.14. The van der Waals surface area contributed by atoms with Crippen molar-refractivity contribution in [3.63, 3.8) is 0 Å². The Morgan fingerprint density at radius 1 is 1.24 bits per heavy atom. The summed E-state index contributed by atoms with van der Waals surface area (Å²) < 4.78 is 5.55. The minimum Gasteiger partial charge on any atom is -0.380 e. The smallest absolute Gasteiger partial charge is 0.0593 e. The fraction of sp³-hybridized carbons (Fsp3) is 1.00. The molecule has 17 heavy (non-hydrogen) atoms. The van der Waals surface area contributed by atoms with Crippen molar-refractivity contribution in [1.82, 2.24) is 9.80 Å². The minimum atomic E-state index is 0.206. The molecule has 2 fully saturated rings. The Hall–Kier alpha value is -0.160. The predicted octanol–water partition coefficient (Wildman–Crippen LogP) is 0.520. The van der Waals surface area contributed by atoms with E-state index in [2.05, 4.69) is 23.6 Å². The number of hydrogen-bond acceptors (Lipinski definition) is 4. The quantitative estimate of drug-likeness (QED) is 0.782. The van der Waals surface area contributed by atoms with Crippen molar-refractivity contribution in [2.75, 3.05) is 45.9 Å². The van der Waals surface area contributed by atoms with Crippen molar-refractivity contribution in [3.05, 3.63) is 0 Å². The van der Waals surface area contributed by atoms with Crippen LogP contribution in [0.3, 0.4) is 0 Å². The number of ether oxygens (including phenoxy) is 1. The zero-order chi connectivity index (χ0) is 12.3. The third kappa shape index (κ3) is 2.81.